The number of methoxy groups -OCH3 is 5. The fourth-order valence-electron chi connectivity index (χ4n) is 8.42. The van der Waals surface area contributed by atoms with Gasteiger partial charge in [0.15, 0.2) is 34.5 Å². The maximum Gasteiger partial charge on any atom is 0.323 e. The fraction of sp³-hybridized carbons (Fsp3) is 0.326. The minimum atomic E-state index is -0.413. The lowest BCUT2D eigenvalue weighted by Crippen LogP contribution is -2.34. The van der Waals surface area contributed by atoms with Crippen molar-refractivity contribution in [3.05, 3.63) is 112 Å². The topological polar surface area (TPSA) is 112 Å². The van der Waals surface area contributed by atoms with Gasteiger partial charge in [-0.1, -0.05) is 12.1 Å². The molecule has 2 N–H and O–H groups in total. The Kier molecular flexibility index (Phi) is 11.0. The maximum absolute atomic E-state index is 13.6. The van der Waals surface area contributed by atoms with Crippen molar-refractivity contribution in [3.63, 3.8) is 0 Å². The van der Waals surface area contributed by atoms with Gasteiger partial charge in [-0.2, -0.15) is 0 Å². The first-order valence-electron chi connectivity index (χ1n) is 19.5. The van der Waals surface area contributed by atoms with Crippen LogP contribution in [0.3, 0.4) is 0 Å². The lowest BCUT2D eigenvalue weighted by atomic mass is 9.86. The molecular weight excluding hydrogens is 737 g/mol. The van der Waals surface area contributed by atoms with E-state index in [0.29, 0.717) is 69.5 Å². The Morgan fingerprint density at radius 2 is 1.29 bits per heavy atom. The first-order chi connectivity index (χ1) is 28.2. The normalized spacial score (nSPS) is 17.4. The second kappa shape index (κ2) is 16.4. The van der Waals surface area contributed by atoms with Crippen LogP contribution < -0.4 is 43.8 Å². The Labute approximate surface area is 339 Å². The molecule has 4 heterocycles. The lowest BCUT2D eigenvalue weighted by molar-refractivity contribution is 0.220. The van der Waals surface area contributed by atoms with E-state index in [9.17, 15) is 4.79 Å². The second-order valence-electron chi connectivity index (χ2n) is 14.9. The highest BCUT2D eigenvalue weighted by Crippen LogP contribution is 2.52. The summed E-state index contributed by atoms with van der Waals surface area (Å²) in [7, 11) is 12.4. The van der Waals surface area contributed by atoms with Crippen LogP contribution in [0.4, 0.5) is 16.2 Å². The summed E-state index contributed by atoms with van der Waals surface area (Å²) in [5.74, 6) is 5.21. The summed E-state index contributed by atoms with van der Waals surface area (Å²) in [4.78, 5) is 18.4. The van der Waals surface area contributed by atoms with Crippen LogP contribution in [-0.4, -0.2) is 78.6 Å². The summed E-state index contributed by atoms with van der Waals surface area (Å²) in [5, 5.41) is 6.05. The molecule has 0 aromatic heterocycles. The molecule has 0 aliphatic carbocycles. The van der Waals surface area contributed by atoms with E-state index in [-0.39, 0.29) is 12.1 Å². The van der Waals surface area contributed by atoms with E-state index in [0.717, 1.165) is 49.0 Å². The van der Waals surface area contributed by atoms with Gasteiger partial charge in [0.25, 0.3) is 0 Å². The average molecular weight is 787 g/mol. The molecule has 58 heavy (non-hydrogen) atoms. The largest absolute Gasteiger partial charge is 0.497 e. The van der Waals surface area contributed by atoms with E-state index < -0.39 is 6.03 Å². The summed E-state index contributed by atoms with van der Waals surface area (Å²) >= 11 is 0. The highest BCUT2D eigenvalue weighted by Gasteiger charge is 2.35. The van der Waals surface area contributed by atoms with Crippen molar-refractivity contribution in [2.24, 2.45) is 0 Å². The van der Waals surface area contributed by atoms with Crippen LogP contribution in [0.2, 0.25) is 0 Å². The molecule has 0 unspecified atom stereocenters. The van der Waals surface area contributed by atoms with E-state index in [2.05, 4.69) is 64.9 Å². The van der Waals surface area contributed by atoms with Crippen molar-refractivity contribution in [2.75, 3.05) is 73.4 Å². The number of amides is 2. The number of benzene rings is 5. The summed E-state index contributed by atoms with van der Waals surface area (Å²) in [6, 6.07) is 24.9. The van der Waals surface area contributed by atoms with Gasteiger partial charge in [-0.15, -0.1) is 0 Å². The Balaban J connectivity index is 1.30. The third-order valence-corrected chi connectivity index (χ3v) is 11.6. The predicted octanol–water partition coefficient (Wildman–Crippen LogP) is 8.82. The zero-order valence-corrected chi connectivity index (χ0v) is 34.1. The third kappa shape index (κ3) is 7.52. The molecule has 5 aromatic rings. The van der Waals surface area contributed by atoms with E-state index in [4.69, 9.17) is 33.2 Å². The minimum Gasteiger partial charge on any atom is -0.497 e. The molecule has 0 radical (unpaired) electrons. The van der Waals surface area contributed by atoms with Crippen LogP contribution in [0.25, 0.3) is 0 Å². The number of fused-ring (bicyclic) bond motifs is 2. The summed E-state index contributed by atoms with van der Waals surface area (Å²) in [6.45, 7) is 1.69. The molecule has 2 atom stereocenters. The molecule has 12 heteroatoms. The quantitative estimate of drug-likeness (QED) is 0.166. The van der Waals surface area contributed by atoms with Crippen molar-refractivity contribution in [1.82, 2.24) is 9.80 Å². The molecule has 4 aliphatic rings. The molecule has 0 saturated carbocycles. The van der Waals surface area contributed by atoms with Crippen molar-refractivity contribution >= 4 is 17.4 Å². The van der Waals surface area contributed by atoms with Crippen LogP contribution in [0.15, 0.2) is 78.9 Å². The number of carbonyl (C=O) groups is 1. The molecule has 2 amide bonds. The van der Waals surface area contributed by atoms with Gasteiger partial charge >= 0.3 is 6.03 Å². The third-order valence-electron chi connectivity index (χ3n) is 11.6. The monoisotopic (exact) mass is 786 g/mol. The minimum absolute atomic E-state index is 0.104. The van der Waals surface area contributed by atoms with Crippen LogP contribution >= 0.6 is 0 Å². The Bertz CT molecular complexity index is 2310. The summed E-state index contributed by atoms with van der Waals surface area (Å²) in [5.41, 5.74) is 7.64. The zero-order valence-electron chi connectivity index (χ0n) is 34.1. The molecule has 9 rings (SSSR count). The molecular formula is C46H50N4O8. The molecule has 0 saturated heterocycles. The number of anilines is 2. The summed E-state index contributed by atoms with van der Waals surface area (Å²) < 4.78 is 43.0. The molecule has 0 fully saturated rings. The van der Waals surface area contributed by atoms with Gasteiger partial charge in [0.1, 0.15) is 11.5 Å². The van der Waals surface area contributed by atoms with E-state index in [1.807, 2.05) is 24.3 Å². The summed E-state index contributed by atoms with van der Waals surface area (Å²) in [6.07, 6.45) is 2.90. The molecule has 0 spiro atoms. The van der Waals surface area contributed by atoms with Gasteiger partial charge in [-0.25, -0.2) is 4.79 Å². The Morgan fingerprint density at radius 1 is 0.638 bits per heavy atom. The van der Waals surface area contributed by atoms with E-state index in [1.54, 1.807) is 59.8 Å². The smallest absolute Gasteiger partial charge is 0.323 e. The van der Waals surface area contributed by atoms with Gasteiger partial charge < -0.3 is 43.8 Å². The van der Waals surface area contributed by atoms with Crippen LogP contribution in [-0.2, 0) is 25.7 Å². The zero-order chi connectivity index (χ0) is 40.5. The highest BCUT2D eigenvalue weighted by molar-refractivity contribution is 6.00. The standard InChI is InChI=1S/C46H50N4O8/c1-49-18-16-28-22-38(53-4)41-25-34(28)36(49)20-27-8-12-33(13-9-27)57-40-24-30(35(26-39(40)54-5)48-46(51)47-31-10-14-32(52-3)15-11-31)21-37-43-29(17-19-50(37)2)23-42(55-6)44(56-7)45(43)58-41/h8-15,22-26,36-37H,16-21H2,1-7H3,(H2,47,48,51)/t36-,37-/m0/s1. The Morgan fingerprint density at radius 3 is 1.98 bits per heavy atom. The lowest BCUT2D eigenvalue weighted by Gasteiger charge is -2.37. The number of nitrogens with zero attached hydrogens (tertiary/aromatic N) is 2. The molecule has 4 aliphatic heterocycles. The van der Waals surface area contributed by atoms with Gasteiger partial charge in [-0.3, -0.25) is 9.80 Å². The fourth-order valence-corrected chi connectivity index (χ4v) is 8.42. The van der Waals surface area contributed by atoms with Crippen molar-refractivity contribution < 1.29 is 38.0 Å². The van der Waals surface area contributed by atoms with Gasteiger partial charge in [0, 0.05) is 48.2 Å². The highest BCUT2D eigenvalue weighted by atomic mass is 16.5. The van der Waals surface area contributed by atoms with E-state index in [1.165, 1.54) is 16.7 Å². The van der Waals surface area contributed by atoms with Crippen molar-refractivity contribution in [1.29, 1.82) is 0 Å². The van der Waals surface area contributed by atoms with Crippen LogP contribution in [0, 0.1) is 0 Å². The maximum atomic E-state index is 13.6. The number of urea groups is 1. The second-order valence-corrected chi connectivity index (χ2v) is 14.9. The van der Waals surface area contributed by atoms with Gasteiger partial charge in [0.05, 0.1) is 35.5 Å². The van der Waals surface area contributed by atoms with E-state index >= 15 is 0 Å². The van der Waals surface area contributed by atoms with Gasteiger partial charge in [-0.05, 0) is 128 Å². The van der Waals surface area contributed by atoms with Crippen LogP contribution in [0.5, 0.6) is 51.7 Å². The molecule has 12 nitrogen and oxygen atoms in total. The number of hydrogen-bond donors (Lipinski definition) is 2. The van der Waals surface area contributed by atoms with Crippen molar-refractivity contribution in [3.8, 4) is 51.7 Å². The Hall–Kier alpha value is -6.11. The number of rotatable bonds is 7. The number of nitrogens with one attached hydrogen (secondary N) is 2. The number of carbonyl (C=O) groups excluding carboxylic acids is 1. The predicted molar refractivity (Wildman–Crippen MR) is 223 cm³/mol. The molecule has 302 valence electrons. The number of hydrogen-bond acceptors (Lipinski definition) is 10. The SMILES string of the molecule is COc1ccc(NC(=O)Nc2cc(OC)c3cc2C[C@H]2c4c(cc(OC)c(OC)c4Oc4cc5c(cc4OC)CCN(C)[C@H]5Cc4ccc(cc4)O3)CCN2C)cc1. The van der Waals surface area contributed by atoms with Gasteiger partial charge in [0.2, 0.25) is 5.75 Å². The number of likely N-dealkylation sites (N-methyl/N-ethyl adjacent to an activating group) is 2. The van der Waals surface area contributed by atoms with Crippen molar-refractivity contribution in [2.45, 2.75) is 37.8 Å². The number of ether oxygens (including phenoxy) is 7. The molecule has 6 bridgehead atoms. The average Bonchev–Trinajstić information content (AvgIpc) is 3.23. The first kappa shape index (κ1) is 38.7. The molecule has 5 aromatic carbocycles. The van der Waals surface area contributed by atoms with Crippen LogP contribution in [0.1, 0.15) is 45.5 Å². The first-order valence-corrected chi connectivity index (χ1v) is 19.5.